The standard InChI is InChI=1S/C14H18ClN3O/c1-2-10(9-16)8-14-17-13(18-19-14)7-11-4-3-5-12(15)6-11/h3-6,10H,2,7-9,16H2,1H3. The van der Waals surface area contributed by atoms with Gasteiger partial charge >= 0.3 is 0 Å². The fraction of sp³-hybridized carbons (Fsp3) is 0.429. The van der Waals surface area contributed by atoms with Crippen molar-refractivity contribution >= 4 is 11.6 Å². The molecule has 1 unspecified atom stereocenters. The molecule has 0 saturated heterocycles. The van der Waals surface area contributed by atoms with Crippen molar-refractivity contribution in [2.24, 2.45) is 11.7 Å². The van der Waals surface area contributed by atoms with Crippen LogP contribution < -0.4 is 5.73 Å². The fourth-order valence-corrected chi connectivity index (χ4v) is 2.13. The third kappa shape index (κ3) is 4.04. The number of nitrogens with zero attached hydrogens (tertiary/aromatic N) is 2. The van der Waals surface area contributed by atoms with Crippen LogP contribution in [0.1, 0.15) is 30.6 Å². The molecule has 1 heterocycles. The van der Waals surface area contributed by atoms with E-state index in [0.717, 1.165) is 23.4 Å². The predicted molar refractivity (Wildman–Crippen MR) is 75.1 cm³/mol. The van der Waals surface area contributed by atoms with Crippen LogP contribution in [0.3, 0.4) is 0 Å². The van der Waals surface area contributed by atoms with Gasteiger partial charge < -0.3 is 10.3 Å². The van der Waals surface area contributed by atoms with E-state index < -0.39 is 0 Å². The Morgan fingerprint density at radius 1 is 1.42 bits per heavy atom. The lowest BCUT2D eigenvalue weighted by molar-refractivity contribution is 0.347. The molecule has 1 aromatic carbocycles. The maximum atomic E-state index is 5.94. The predicted octanol–water partition coefficient (Wildman–Crippen LogP) is 2.84. The quantitative estimate of drug-likeness (QED) is 0.883. The summed E-state index contributed by atoms with van der Waals surface area (Å²) in [6.45, 7) is 2.75. The number of hydrogen-bond donors (Lipinski definition) is 1. The van der Waals surface area contributed by atoms with Crippen LogP contribution in [0.2, 0.25) is 5.02 Å². The Balaban J connectivity index is 2.01. The van der Waals surface area contributed by atoms with E-state index in [1.165, 1.54) is 0 Å². The molecule has 0 amide bonds. The summed E-state index contributed by atoms with van der Waals surface area (Å²) in [5, 5.41) is 4.71. The Labute approximate surface area is 118 Å². The average Bonchev–Trinajstić information content (AvgIpc) is 2.83. The van der Waals surface area contributed by atoms with Gasteiger partial charge in [-0.2, -0.15) is 4.98 Å². The third-order valence-electron chi connectivity index (χ3n) is 3.14. The van der Waals surface area contributed by atoms with Crippen LogP contribution in [0.5, 0.6) is 0 Å². The van der Waals surface area contributed by atoms with E-state index in [2.05, 4.69) is 17.1 Å². The van der Waals surface area contributed by atoms with Gasteiger partial charge in [0.05, 0.1) is 0 Å². The molecule has 0 aliphatic carbocycles. The smallest absolute Gasteiger partial charge is 0.226 e. The molecule has 1 atom stereocenters. The second-order valence-corrected chi connectivity index (χ2v) is 5.06. The van der Waals surface area contributed by atoms with Crippen molar-refractivity contribution in [2.75, 3.05) is 6.54 Å². The van der Waals surface area contributed by atoms with Gasteiger partial charge in [0, 0.05) is 17.9 Å². The molecule has 0 fully saturated rings. The topological polar surface area (TPSA) is 64.9 Å². The van der Waals surface area contributed by atoms with E-state index >= 15 is 0 Å². The van der Waals surface area contributed by atoms with E-state index in [1.807, 2.05) is 24.3 Å². The first kappa shape index (κ1) is 14.0. The van der Waals surface area contributed by atoms with E-state index in [4.69, 9.17) is 21.9 Å². The summed E-state index contributed by atoms with van der Waals surface area (Å²) in [6.07, 6.45) is 2.39. The molecule has 2 N–H and O–H groups in total. The number of aromatic nitrogens is 2. The van der Waals surface area contributed by atoms with Crippen LogP contribution >= 0.6 is 11.6 Å². The van der Waals surface area contributed by atoms with Crippen LogP contribution in [0, 0.1) is 5.92 Å². The summed E-state index contributed by atoms with van der Waals surface area (Å²) in [5.74, 6) is 1.75. The van der Waals surface area contributed by atoms with Gasteiger partial charge in [0.15, 0.2) is 5.82 Å². The van der Waals surface area contributed by atoms with Crippen molar-refractivity contribution in [3.63, 3.8) is 0 Å². The van der Waals surface area contributed by atoms with Gasteiger partial charge in [-0.15, -0.1) is 0 Å². The number of rotatable bonds is 6. The van der Waals surface area contributed by atoms with Gasteiger partial charge in [0.25, 0.3) is 0 Å². The van der Waals surface area contributed by atoms with Crippen molar-refractivity contribution in [3.05, 3.63) is 46.6 Å². The number of benzene rings is 1. The summed E-state index contributed by atoms with van der Waals surface area (Å²) >= 11 is 5.94. The minimum absolute atomic E-state index is 0.402. The molecule has 102 valence electrons. The zero-order chi connectivity index (χ0) is 13.7. The highest BCUT2D eigenvalue weighted by atomic mass is 35.5. The van der Waals surface area contributed by atoms with Crippen molar-refractivity contribution in [1.82, 2.24) is 10.1 Å². The maximum absolute atomic E-state index is 5.94. The number of nitrogens with two attached hydrogens (primary N) is 1. The molecule has 5 heteroatoms. The van der Waals surface area contributed by atoms with E-state index in [9.17, 15) is 0 Å². The zero-order valence-electron chi connectivity index (χ0n) is 11.0. The molecule has 0 spiro atoms. The molecule has 0 aliphatic heterocycles. The lowest BCUT2D eigenvalue weighted by Gasteiger charge is -2.07. The molecule has 19 heavy (non-hydrogen) atoms. The van der Waals surface area contributed by atoms with E-state index in [-0.39, 0.29) is 0 Å². The summed E-state index contributed by atoms with van der Waals surface area (Å²) in [7, 11) is 0. The van der Waals surface area contributed by atoms with Crippen LogP contribution in [-0.4, -0.2) is 16.7 Å². The average molecular weight is 280 g/mol. The highest BCUT2D eigenvalue weighted by molar-refractivity contribution is 6.30. The number of halogens is 1. The highest BCUT2D eigenvalue weighted by Crippen LogP contribution is 2.14. The molecule has 1 aromatic heterocycles. The Morgan fingerprint density at radius 3 is 2.95 bits per heavy atom. The number of hydrogen-bond acceptors (Lipinski definition) is 4. The van der Waals surface area contributed by atoms with Gasteiger partial charge in [0.1, 0.15) is 0 Å². The van der Waals surface area contributed by atoms with E-state index in [0.29, 0.717) is 30.6 Å². The first-order chi connectivity index (χ1) is 9.21. The second-order valence-electron chi connectivity index (χ2n) is 4.63. The summed E-state index contributed by atoms with van der Waals surface area (Å²) in [6, 6.07) is 7.67. The van der Waals surface area contributed by atoms with Crippen molar-refractivity contribution < 1.29 is 4.52 Å². The Kier molecular flexibility index (Phi) is 4.93. The third-order valence-corrected chi connectivity index (χ3v) is 3.37. The molecular weight excluding hydrogens is 262 g/mol. The highest BCUT2D eigenvalue weighted by Gasteiger charge is 2.12. The Bertz CT molecular complexity index is 523. The zero-order valence-corrected chi connectivity index (χ0v) is 11.7. The molecule has 0 saturated carbocycles. The summed E-state index contributed by atoms with van der Waals surface area (Å²) in [4.78, 5) is 4.39. The Hall–Kier alpha value is -1.39. The molecule has 0 aliphatic rings. The monoisotopic (exact) mass is 279 g/mol. The first-order valence-electron chi connectivity index (χ1n) is 6.47. The Morgan fingerprint density at radius 2 is 2.26 bits per heavy atom. The van der Waals surface area contributed by atoms with Gasteiger partial charge in [-0.3, -0.25) is 0 Å². The first-order valence-corrected chi connectivity index (χ1v) is 6.85. The van der Waals surface area contributed by atoms with Gasteiger partial charge in [-0.1, -0.05) is 42.2 Å². The van der Waals surface area contributed by atoms with E-state index in [1.54, 1.807) is 0 Å². The van der Waals surface area contributed by atoms with Crippen molar-refractivity contribution in [2.45, 2.75) is 26.2 Å². The summed E-state index contributed by atoms with van der Waals surface area (Å²) < 4.78 is 5.25. The summed E-state index contributed by atoms with van der Waals surface area (Å²) in [5.41, 5.74) is 6.75. The van der Waals surface area contributed by atoms with Gasteiger partial charge in [0.2, 0.25) is 5.89 Å². The molecule has 0 bridgehead atoms. The molecule has 0 radical (unpaired) electrons. The largest absolute Gasteiger partial charge is 0.339 e. The van der Waals surface area contributed by atoms with Crippen LogP contribution in [0.15, 0.2) is 28.8 Å². The fourth-order valence-electron chi connectivity index (χ4n) is 1.92. The van der Waals surface area contributed by atoms with Crippen LogP contribution in [-0.2, 0) is 12.8 Å². The van der Waals surface area contributed by atoms with Crippen molar-refractivity contribution in [3.8, 4) is 0 Å². The SMILES string of the molecule is CCC(CN)Cc1nc(Cc2cccc(Cl)c2)no1. The molecule has 4 nitrogen and oxygen atoms in total. The normalized spacial score (nSPS) is 12.6. The molecule has 2 rings (SSSR count). The van der Waals surface area contributed by atoms with Crippen LogP contribution in [0.4, 0.5) is 0 Å². The molecule has 2 aromatic rings. The van der Waals surface area contributed by atoms with Crippen molar-refractivity contribution in [1.29, 1.82) is 0 Å². The van der Waals surface area contributed by atoms with Crippen LogP contribution in [0.25, 0.3) is 0 Å². The minimum Gasteiger partial charge on any atom is -0.339 e. The molecular formula is C14H18ClN3O. The lowest BCUT2D eigenvalue weighted by atomic mass is 10.0. The van der Waals surface area contributed by atoms with Gasteiger partial charge in [-0.25, -0.2) is 0 Å². The lowest BCUT2D eigenvalue weighted by Crippen LogP contribution is -2.16. The maximum Gasteiger partial charge on any atom is 0.226 e. The van der Waals surface area contributed by atoms with Gasteiger partial charge in [-0.05, 0) is 30.2 Å². The second kappa shape index (κ2) is 6.68. The minimum atomic E-state index is 0.402.